The van der Waals surface area contributed by atoms with Crippen LogP contribution in [0, 0.1) is 6.92 Å². The number of aliphatic imine (C=N–C) groups is 1. The highest BCUT2D eigenvalue weighted by molar-refractivity contribution is 14.0. The van der Waals surface area contributed by atoms with Crippen LogP contribution in [0.15, 0.2) is 41.9 Å². The minimum absolute atomic E-state index is 0. The molecular weight excluding hydrogens is 349 g/mol. The average molecular weight is 373 g/mol. The Kier molecular flexibility index (Phi) is 7.75. The number of rotatable bonds is 5. The summed E-state index contributed by atoms with van der Waals surface area (Å²) in [5, 5.41) is 2.98. The maximum absolute atomic E-state index is 5.76. The first-order valence-electron chi connectivity index (χ1n) is 6.17. The fourth-order valence-electron chi connectivity index (χ4n) is 1.61. The van der Waals surface area contributed by atoms with E-state index < -0.39 is 0 Å². The van der Waals surface area contributed by atoms with E-state index >= 15 is 0 Å². The molecule has 3 nitrogen and oxygen atoms in total. The summed E-state index contributed by atoms with van der Waals surface area (Å²) in [6, 6.07) is 8.55. The zero-order chi connectivity index (χ0) is 13.6. The van der Waals surface area contributed by atoms with Crippen molar-refractivity contribution in [2.75, 3.05) is 13.1 Å². The maximum atomic E-state index is 5.76. The standard InChI is InChI=1S/C15H23N3.HI/c1-5-10-17-14(16)18-11-15(3,4)13-8-6-12(2)7-9-13;/h5-9H,1,10-11H2,2-4H3,(H3,16,17,18);1H. The fraction of sp³-hybridized carbons (Fsp3) is 0.400. The second kappa shape index (κ2) is 8.19. The highest BCUT2D eigenvalue weighted by Gasteiger charge is 2.19. The van der Waals surface area contributed by atoms with Crippen LogP contribution < -0.4 is 11.1 Å². The third-order valence-corrected chi connectivity index (χ3v) is 2.91. The van der Waals surface area contributed by atoms with Gasteiger partial charge in [-0.15, -0.1) is 30.6 Å². The Morgan fingerprint density at radius 1 is 1.37 bits per heavy atom. The van der Waals surface area contributed by atoms with E-state index in [0.717, 1.165) is 0 Å². The number of hydrogen-bond donors (Lipinski definition) is 2. The highest BCUT2D eigenvalue weighted by Crippen LogP contribution is 2.23. The zero-order valence-electron chi connectivity index (χ0n) is 11.9. The van der Waals surface area contributed by atoms with Crippen molar-refractivity contribution >= 4 is 29.9 Å². The Labute approximate surface area is 133 Å². The van der Waals surface area contributed by atoms with E-state index in [4.69, 9.17) is 5.73 Å². The minimum atomic E-state index is -0.0197. The van der Waals surface area contributed by atoms with Gasteiger partial charge >= 0.3 is 0 Å². The quantitative estimate of drug-likeness (QED) is 0.361. The van der Waals surface area contributed by atoms with Crippen LogP contribution in [-0.2, 0) is 5.41 Å². The number of nitrogens with zero attached hydrogens (tertiary/aromatic N) is 1. The van der Waals surface area contributed by atoms with Gasteiger partial charge in [-0.3, -0.25) is 4.99 Å². The first-order valence-corrected chi connectivity index (χ1v) is 6.17. The number of nitrogens with two attached hydrogens (primary N) is 1. The van der Waals surface area contributed by atoms with Gasteiger partial charge in [0.15, 0.2) is 5.96 Å². The molecule has 0 saturated carbocycles. The van der Waals surface area contributed by atoms with Crippen LogP contribution in [-0.4, -0.2) is 19.0 Å². The van der Waals surface area contributed by atoms with E-state index in [9.17, 15) is 0 Å². The number of aryl methyl sites for hydroxylation is 1. The molecule has 0 unspecified atom stereocenters. The van der Waals surface area contributed by atoms with Gasteiger partial charge in [-0.2, -0.15) is 0 Å². The summed E-state index contributed by atoms with van der Waals surface area (Å²) >= 11 is 0. The molecule has 19 heavy (non-hydrogen) atoms. The third kappa shape index (κ3) is 6.09. The molecule has 0 bridgehead atoms. The van der Waals surface area contributed by atoms with Crippen molar-refractivity contribution in [3.05, 3.63) is 48.0 Å². The van der Waals surface area contributed by atoms with E-state index in [-0.39, 0.29) is 29.4 Å². The van der Waals surface area contributed by atoms with Crippen molar-refractivity contribution in [1.29, 1.82) is 0 Å². The lowest BCUT2D eigenvalue weighted by Gasteiger charge is -2.23. The van der Waals surface area contributed by atoms with Crippen molar-refractivity contribution in [2.45, 2.75) is 26.2 Å². The molecule has 0 radical (unpaired) electrons. The molecule has 0 amide bonds. The molecule has 0 aliphatic heterocycles. The molecule has 0 aliphatic rings. The Balaban J connectivity index is 0.00000324. The summed E-state index contributed by atoms with van der Waals surface area (Å²) in [6.45, 7) is 11.3. The van der Waals surface area contributed by atoms with Crippen molar-refractivity contribution in [1.82, 2.24) is 5.32 Å². The van der Waals surface area contributed by atoms with E-state index in [1.54, 1.807) is 6.08 Å². The highest BCUT2D eigenvalue weighted by atomic mass is 127. The van der Waals surface area contributed by atoms with Crippen LogP contribution in [0.5, 0.6) is 0 Å². The van der Waals surface area contributed by atoms with E-state index in [2.05, 4.69) is 61.9 Å². The molecule has 3 N–H and O–H groups in total. The smallest absolute Gasteiger partial charge is 0.188 e. The summed E-state index contributed by atoms with van der Waals surface area (Å²) in [7, 11) is 0. The molecular formula is C15H24IN3. The normalized spacial score (nSPS) is 11.6. The largest absolute Gasteiger partial charge is 0.370 e. The van der Waals surface area contributed by atoms with Gasteiger partial charge in [0.2, 0.25) is 0 Å². The van der Waals surface area contributed by atoms with E-state index in [1.165, 1.54) is 11.1 Å². The summed E-state index contributed by atoms with van der Waals surface area (Å²) in [4.78, 5) is 4.37. The number of guanidine groups is 1. The van der Waals surface area contributed by atoms with Crippen molar-refractivity contribution in [3.8, 4) is 0 Å². The monoisotopic (exact) mass is 373 g/mol. The van der Waals surface area contributed by atoms with Gasteiger partial charge in [0.25, 0.3) is 0 Å². The number of nitrogens with one attached hydrogen (secondary N) is 1. The number of benzene rings is 1. The van der Waals surface area contributed by atoms with Gasteiger partial charge in [-0.25, -0.2) is 0 Å². The molecule has 0 aliphatic carbocycles. The van der Waals surface area contributed by atoms with Gasteiger partial charge in [0.1, 0.15) is 0 Å². The van der Waals surface area contributed by atoms with Crippen LogP contribution in [0.25, 0.3) is 0 Å². The fourth-order valence-corrected chi connectivity index (χ4v) is 1.61. The molecule has 0 aromatic heterocycles. The lowest BCUT2D eigenvalue weighted by atomic mass is 9.84. The van der Waals surface area contributed by atoms with E-state index in [0.29, 0.717) is 19.0 Å². The number of hydrogen-bond acceptors (Lipinski definition) is 1. The summed E-state index contributed by atoms with van der Waals surface area (Å²) < 4.78 is 0. The Hall–Kier alpha value is -1.04. The van der Waals surface area contributed by atoms with Gasteiger partial charge in [0.05, 0.1) is 6.54 Å². The summed E-state index contributed by atoms with van der Waals surface area (Å²) in [5.74, 6) is 0.468. The van der Waals surface area contributed by atoms with Crippen molar-refractivity contribution in [3.63, 3.8) is 0 Å². The SMILES string of the molecule is C=CCNC(N)=NCC(C)(C)c1ccc(C)cc1.I. The summed E-state index contributed by atoms with van der Waals surface area (Å²) in [6.07, 6.45) is 1.76. The van der Waals surface area contributed by atoms with Crippen LogP contribution in [0.4, 0.5) is 0 Å². The first kappa shape index (κ1) is 18.0. The lowest BCUT2D eigenvalue weighted by Crippen LogP contribution is -2.33. The van der Waals surface area contributed by atoms with Gasteiger partial charge in [-0.1, -0.05) is 49.8 Å². The molecule has 1 rings (SSSR count). The van der Waals surface area contributed by atoms with Crippen molar-refractivity contribution < 1.29 is 0 Å². The zero-order valence-corrected chi connectivity index (χ0v) is 14.3. The summed E-state index contributed by atoms with van der Waals surface area (Å²) in [5.41, 5.74) is 8.28. The number of halogens is 1. The van der Waals surface area contributed by atoms with Crippen LogP contribution in [0.1, 0.15) is 25.0 Å². The molecule has 4 heteroatoms. The van der Waals surface area contributed by atoms with E-state index in [1.807, 2.05) is 0 Å². The topological polar surface area (TPSA) is 50.4 Å². The second-order valence-corrected chi connectivity index (χ2v) is 5.12. The Morgan fingerprint density at radius 2 is 1.95 bits per heavy atom. The van der Waals surface area contributed by atoms with Gasteiger partial charge < -0.3 is 11.1 Å². The van der Waals surface area contributed by atoms with Crippen LogP contribution >= 0.6 is 24.0 Å². The molecule has 1 aromatic rings. The minimum Gasteiger partial charge on any atom is -0.370 e. The molecule has 0 spiro atoms. The third-order valence-electron chi connectivity index (χ3n) is 2.91. The molecule has 1 aromatic carbocycles. The first-order chi connectivity index (χ1) is 8.45. The van der Waals surface area contributed by atoms with Crippen molar-refractivity contribution in [2.24, 2.45) is 10.7 Å². The molecule has 0 saturated heterocycles. The predicted molar refractivity (Wildman–Crippen MR) is 94.3 cm³/mol. The molecule has 0 fully saturated rings. The van der Waals surface area contributed by atoms with Crippen LogP contribution in [0.2, 0.25) is 0 Å². The Bertz CT molecular complexity index is 422. The molecule has 0 heterocycles. The molecule has 106 valence electrons. The second-order valence-electron chi connectivity index (χ2n) is 5.12. The lowest BCUT2D eigenvalue weighted by molar-refractivity contribution is 0.539. The van der Waals surface area contributed by atoms with Gasteiger partial charge in [-0.05, 0) is 12.5 Å². The maximum Gasteiger partial charge on any atom is 0.188 e. The average Bonchev–Trinajstić information content (AvgIpc) is 2.34. The van der Waals surface area contributed by atoms with Crippen LogP contribution in [0.3, 0.4) is 0 Å². The molecule has 0 atom stereocenters. The Morgan fingerprint density at radius 3 is 2.47 bits per heavy atom. The predicted octanol–water partition coefficient (Wildman–Crippen LogP) is 2.98. The van der Waals surface area contributed by atoms with Gasteiger partial charge in [0, 0.05) is 12.0 Å².